The molecule has 2 aromatic carbocycles. The molecule has 1 aromatic heterocycles. The summed E-state index contributed by atoms with van der Waals surface area (Å²) in [5, 5.41) is 4.98. The summed E-state index contributed by atoms with van der Waals surface area (Å²) in [6.45, 7) is 2.97. The molecule has 0 unspecified atom stereocenters. The van der Waals surface area contributed by atoms with E-state index in [0.717, 1.165) is 43.2 Å². The van der Waals surface area contributed by atoms with Crippen LogP contribution in [-0.2, 0) is 6.54 Å². The quantitative estimate of drug-likeness (QED) is 0.789. The summed E-state index contributed by atoms with van der Waals surface area (Å²) in [5.41, 5.74) is 1.34. The highest BCUT2D eigenvalue weighted by Crippen LogP contribution is 2.21. The van der Waals surface area contributed by atoms with Gasteiger partial charge in [-0.1, -0.05) is 54.6 Å². The summed E-state index contributed by atoms with van der Waals surface area (Å²) in [7, 11) is 0. The van der Waals surface area contributed by atoms with Crippen molar-refractivity contribution >= 4 is 16.7 Å². The molecule has 25 heavy (non-hydrogen) atoms. The van der Waals surface area contributed by atoms with Gasteiger partial charge in [0.25, 0.3) is 5.91 Å². The Hall–Kier alpha value is -2.59. The van der Waals surface area contributed by atoms with E-state index in [9.17, 15) is 4.79 Å². The number of carbonyl (C=O) groups is 1. The van der Waals surface area contributed by atoms with Crippen LogP contribution in [-0.4, -0.2) is 29.9 Å². The zero-order valence-electron chi connectivity index (χ0n) is 14.2. The van der Waals surface area contributed by atoms with Gasteiger partial charge in [0, 0.05) is 36.4 Å². The van der Waals surface area contributed by atoms with Gasteiger partial charge < -0.3 is 9.73 Å². The average Bonchev–Trinajstić information content (AvgIpc) is 3.08. The summed E-state index contributed by atoms with van der Waals surface area (Å²) < 4.78 is 5.50. The van der Waals surface area contributed by atoms with E-state index in [4.69, 9.17) is 4.42 Å². The van der Waals surface area contributed by atoms with E-state index in [0.29, 0.717) is 5.76 Å². The standard InChI is InChI=1S/C21H22N2O2/c24-21(20-19-9-5-4-8-17(19)15-25-20)22-18-10-12-23(13-11-18)14-16-6-2-1-3-7-16/h1-9,15,18H,10-14H2,(H,22,24). The molecular formula is C21H22N2O2. The molecule has 1 amide bonds. The Morgan fingerprint density at radius 2 is 1.76 bits per heavy atom. The maximum absolute atomic E-state index is 12.5. The Balaban J connectivity index is 1.33. The minimum atomic E-state index is -0.109. The fraction of sp³-hybridized carbons (Fsp3) is 0.286. The number of hydrogen-bond donors (Lipinski definition) is 1. The first-order valence-corrected chi connectivity index (χ1v) is 8.83. The number of benzene rings is 2. The Morgan fingerprint density at radius 3 is 2.56 bits per heavy atom. The third kappa shape index (κ3) is 3.59. The largest absolute Gasteiger partial charge is 0.458 e. The minimum Gasteiger partial charge on any atom is -0.458 e. The van der Waals surface area contributed by atoms with Gasteiger partial charge >= 0.3 is 0 Å². The molecule has 0 radical (unpaired) electrons. The summed E-state index contributed by atoms with van der Waals surface area (Å²) in [4.78, 5) is 15.0. The van der Waals surface area contributed by atoms with Crippen molar-refractivity contribution in [3.63, 3.8) is 0 Å². The maximum Gasteiger partial charge on any atom is 0.287 e. The number of furan rings is 1. The normalized spacial score (nSPS) is 16.2. The van der Waals surface area contributed by atoms with Gasteiger partial charge in [-0.15, -0.1) is 0 Å². The van der Waals surface area contributed by atoms with Crippen molar-refractivity contribution in [1.82, 2.24) is 10.2 Å². The third-order valence-corrected chi connectivity index (χ3v) is 4.89. The molecular weight excluding hydrogens is 312 g/mol. The van der Waals surface area contributed by atoms with Gasteiger partial charge in [0.1, 0.15) is 0 Å². The van der Waals surface area contributed by atoms with Gasteiger partial charge in [0.2, 0.25) is 0 Å². The molecule has 4 heteroatoms. The van der Waals surface area contributed by atoms with E-state index in [1.165, 1.54) is 5.56 Å². The van der Waals surface area contributed by atoms with Crippen LogP contribution >= 0.6 is 0 Å². The monoisotopic (exact) mass is 334 g/mol. The lowest BCUT2D eigenvalue weighted by molar-refractivity contribution is 0.0883. The lowest BCUT2D eigenvalue weighted by Crippen LogP contribution is -2.44. The molecule has 1 aliphatic rings. The number of hydrogen-bond acceptors (Lipinski definition) is 3. The maximum atomic E-state index is 12.5. The van der Waals surface area contributed by atoms with E-state index < -0.39 is 0 Å². The second-order valence-corrected chi connectivity index (χ2v) is 6.66. The van der Waals surface area contributed by atoms with Gasteiger partial charge in [0.15, 0.2) is 5.76 Å². The number of carbonyl (C=O) groups excluding carboxylic acids is 1. The smallest absolute Gasteiger partial charge is 0.287 e. The van der Waals surface area contributed by atoms with Crippen LogP contribution in [0.3, 0.4) is 0 Å². The molecule has 0 atom stereocenters. The Bertz CT molecular complexity index is 848. The topological polar surface area (TPSA) is 45.5 Å². The number of fused-ring (bicyclic) bond motifs is 1. The molecule has 0 bridgehead atoms. The van der Waals surface area contributed by atoms with Gasteiger partial charge in [-0.25, -0.2) is 0 Å². The number of nitrogens with one attached hydrogen (secondary N) is 1. The molecule has 1 aliphatic heterocycles. The summed E-state index contributed by atoms with van der Waals surface area (Å²) in [6.07, 6.45) is 3.58. The molecule has 1 saturated heterocycles. The van der Waals surface area contributed by atoms with Gasteiger partial charge in [0.05, 0.1) is 6.26 Å². The predicted octanol–water partition coefficient (Wildman–Crippen LogP) is 3.83. The van der Waals surface area contributed by atoms with Crippen LogP contribution in [0.2, 0.25) is 0 Å². The SMILES string of the molecule is O=C(NC1CCN(Cc2ccccc2)CC1)c1occ2ccccc12. The van der Waals surface area contributed by atoms with Crippen molar-refractivity contribution in [3.8, 4) is 0 Å². The molecule has 1 N–H and O–H groups in total. The van der Waals surface area contributed by atoms with Crippen LogP contribution in [0.4, 0.5) is 0 Å². The lowest BCUT2D eigenvalue weighted by Gasteiger charge is -2.32. The average molecular weight is 334 g/mol. The van der Waals surface area contributed by atoms with Crippen molar-refractivity contribution in [3.05, 3.63) is 72.2 Å². The van der Waals surface area contributed by atoms with Crippen molar-refractivity contribution in [1.29, 1.82) is 0 Å². The molecule has 0 aliphatic carbocycles. The molecule has 0 spiro atoms. The highest BCUT2D eigenvalue weighted by Gasteiger charge is 2.23. The van der Waals surface area contributed by atoms with Gasteiger partial charge in [-0.2, -0.15) is 0 Å². The second-order valence-electron chi connectivity index (χ2n) is 6.66. The fourth-order valence-electron chi connectivity index (χ4n) is 3.50. The van der Waals surface area contributed by atoms with Crippen molar-refractivity contribution in [2.45, 2.75) is 25.4 Å². The van der Waals surface area contributed by atoms with Crippen LogP contribution in [0.15, 0.2) is 65.3 Å². The van der Waals surface area contributed by atoms with Crippen LogP contribution in [0.5, 0.6) is 0 Å². The number of likely N-dealkylation sites (tertiary alicyclic amines) is 1. The summed E-state index contributed by atoms with van der Waals surface area (Å²) in [5.74, 6) is 0.310. The molecule has 4 rings (SSSR count). The van der Waals surface area contributed by atoms with E-state index in [-0.39, 0.29) is 11.9 Å². The Morgan fingerprint density at radius 1 is 1.04 bits per heavy atom. The van der Waals surface area contributed by atoms with E-state index in [1.807, 2.05) is 30.3 Å². The van der Waals surface area contributed by atoms with E-state index in [1.54, 1.807) is 6.26 Å². The first-order chi connectivity index (χ1) is 12.3. The zero-order chi connectivity index (χ0) is 17.1. The van der Waals surface area contributed by atoms with Crippen LogP contribution < -0.4 is 5.32 Å². The van der Waals surface area contributed by atoms with Gasteiger partial charge in [-0.05, 0) is 18.4 Å². The fourth-order valence-corrected chi connectivity index (χ4v) is 3.50. The van der Waals surface area contributed by atoms with Crippen LogP contribution in [0, 0.1) is 0 Å². The molecule has 4 nitrogen and oxygen atoms in total. The predicted molar refractivity (Wildman–Crippen MR) is 98.4 cm³/mol. The minimum absolute atomic E-state index is 0.109. The van der Waals surface area contributed by atoms with Gasteiger partial charge in [-0.3, -0.25) is 9.69 Å². The van der Waals surface area contributed by atoms with E-state index in [2.05, 4.69) is 34.5 Å². The molecule has 128 valence electrons. The lowest BCUT2D eigenvalue weighted by atomic mass is 10.0. The highest BCUT2D eigenvalue weighted by molar-refractivity contribution is 6.04. The molecule has 1 fully saturated rings. The number of nitrogens with zero attached hydrogens (tertiary/aromatic N) is 1. The summed E-state index contributed by atoms with van der Waals surface area (Å²) in [6, 6.07) is 18.5. The van der Waals surface area contributed by atoms with Crippen molar-refractivity contribution in [2.24, 2.45) is 0 Å². The zero-order valence-corrected chi connectivity index (χ0v) is 14.2. The Labute approximate surface area is 147 Å². The molecule has 0 saturated carbocycles. The van der Waals surface area contributed by atoms with Crippen molar-refractivity contribution in [2.75, 3.05) is 13.1 Å². The molecule has 2 heterocycles. The number of piperidine rings is 1. The number of rotatable bonds is 4. The first kappa shape index (κ1) is 15.9. The van der Waals surface area contributed by atoms with Crippen LogP contribution in [0.25, 0.3) is 10.8 Å². The van der Waals surface area contributed by atoms with Crippen molar-refractivity contribution < 1.29 is 9.21 Å². The molecule has 3 aromatic rings. The number of amides is 1. The highest BCUT2D eigenvalue weighted by atomic mass is 16.3. The van der Waals surface area contributed by atoms with E-state index >= 15 is 0 Å². The summed E-state index contributed by atoms with van der Waals surface area (Å²) >= 11 is 0. The third-order valence-electron chi connectivity index (χ3n) is 4.89. The second kappa shape index (κ2) is 7.11. The Kier molecular flexibility index (Phi) is 4.53. The van der Waals surface area contributed by atoms with Crippen LogP contribution in [0.1, 0.15) is 29.0 Å². The first-order valence-electron chi connectivity index (χ1n) is 8.83.